The Hall–Kier alpha value is -5.26. The van der Waals surface area contributed by atoms with Crippen LogP contribution in [-0.4, -0.2) is 51.9 Å². The maximum Gasteiger partial charge on any atom is 0.343 e. The number of hydrogen-bond donors (Lipinski definition) is 2. The second-order valence-electron chi connectivity index (χ2n) is 9.30. The number of hydrazone groups is 1. The minimum absolute atomic E-state index is 0.167. The fraction of sp³-hybridized carbons (Fsp3) is 0.152. The van der Waals surface area contributed by atoms with Crippen molar-refractivity contribution in [1.29, 1.82) is 0 Å². The van der Waals surface area contributed by atoms with Gasteiger partial charge < -0.3 is 29.0 Å². The van der Waals surface area contributed by atoms with Gasteiger partial charge in [-0.05, 0) is 79.2 Å². The zero-order chi connectivity index (χ0) is 33.2. The fourth-order valence-corrected chi connectivity index (χ4v) is 4.65. The normalized spacial score (nSPS) is 10.7. The Morgan fingerprint density at radius 1 is 0.783 bits per heavy atom. The van der Waals surface area contributed by atoms with Crippen LogP contribution in [0.1, 0.15) is 43.6 Å². The van der Waals surface area contributed by atoms with E-state index in [0.717, 1.165) is 0 Å². The topological polar surface area (TPSA) is 134 Å². The van der Waals surface area contributed by atoms with Crippen molar-refractivity contribution in [2.24, 2.45) is 5.10 Å². The van der Waals surface area contributed by atoms with E-state index in [2.05, 4.69) is 15.8 Å². The van der Waals surface area contributed by atoms with E-state index in [1.54, 1.807) is 49.4 Å². The standard InChI is InChI=1S/C33H29Cl2N3O8/c1-5-45-27-13-19(9-12-26(27)46-33(41)21-15-28(42-2)30(44-4)29(16-21)43-3)18-36-38-31(39)20-7-6-8-23(14-20)37-32(40)24-11-10-22(34)17-25(24)35/h6-18H,5H2,1-4H3,(H,37,40)(H,38,39). The number of rotatable bonds is 12. The van der Waals surface area contributed by atoms with Crippen LogP contribution in [0.4, 0.5) is 5.69 Å². The van der Waals surface area contributed by atoms with E-state index >= 15 is 0 Å². The Morgan fingerprint density at radius 3 is 2.17 bits per heavy atom. The Morgan fingerprint density at radius 2 is 1.52 bits per heavy atom. The number of nitrogens with one attached hydrogen (secondary N) is 2. The SMILES string of the molecule is CCOc1cc(C=NNC(=O)c2cccc(NC(=O)c3ccc(Cl)cc3Cl)c2)ccc1OC(=O)c1cc(OC)c(OC)c(OC)c1. The lowest BCUT2D eigenvalue weighted by molar-refractivity contribution is 0.0727. The van der Waals surface area contributed by atoms with Gasteiger partial charge in [0.25, 0.3) is 11.8 Å². The van der Waals surface area contributed by atoms with Gasteiger partial charge in [-0.15, -0.1) is 0 Å². The van der Waals surface area contributed by atoms with Gasteiger partial charge in [-0.3, -0.25) is 9.59 Å². The van der Waals surface area contributed by atoms with Crippen molar-refractivity contribution in [2.45, 2.75) is 6.92 Å². The number of amides is 2. The molecule has 0 spiro atoms. The third-order valence-electron chi connectivity index (χ3n) is 6.31. The fourth-order valence-electron chi connectivity index (χ4n) is 4.16. The van der Waals surface area contributed by atoms with Crippen molar-refractivity contribution >= 4 is 52.9 Å². The van der Waals surface area contributed by atoms with Crippen molar-refractivity contribution < 1.29 is 38.1 Å². The van der Waals surface area contributed by atoms with Gasteiger partial charge in [0, 0.05) is 16.3 Å². The first-order valence-corrected chi connectivity index (χ1v) is 14.4. The summed E-state index contributed by atoms with van der Waals surface area (Å²) in [4.78, 5) is 38.4. The van der Waals surface area contributed by atoms with E-state index in [1.807, 2.05) is 0 Å². The molecule has 238 valence electrons. The number of anilines is 1. The van der Waals surface area contributed by atoms with Gasteiger partial charge in [-0.1, -0.05) is 29.3 Å². The average Bonchev–Trinajstić information content (AvgIpc) is 3.05. The van der Waals surface area contributed by atoms with E-state index in [4.69, 9.17) is 46.9 Å². The summed E-state index contributed by atoms with van der Waals surface area (Å²) in [6.45, 7) is 2.08. The number of hydrogen-bond acceptors (Lipinski definition) is 9. The number of ether oxygens (including phenoxy) is 5. The van der Waals surface area contributed by atoms with Gasteiger partial charge in [-0.2, -0.15) is 5.10 Å². The smallest absolute Gasteiger partial charge is 0.343 e. The molecule has 2 amide bonds. The number of methoxy groups -OCH3 is 3. The Bertz CT molecular complexity index is 1770. The van der Waals surface area contributed by atoms with Crippen LogP contribution >= 0.6 is 23.2 Å². The number of carbonyl (C=O) groups is 3. The molecule has 4 rings (SSSR count). The van der Waals surface area contributed by atoms with Crippen LogP contribution in [0, 0.1) is 0 Å². The van der Waals surface area contributed by atoms with Gasteiger partial charge in [0.05, 0.1) is 50.3 Å². The molecule has 0 heterocycles. The lowest BCUT2D eigenvalue weighted by Gasteiger charge is -2.15. The Labute approximate surface area is 275 Å². The largest absolute Gasteiger partial charge is 0.493 e. The van der Waals surface area contributed by atoms with Gasteiger partial charge in [0.15, 0.2) is 23.0 Å². The summed E-state index contributed by atoms with van der Waals surface area (Å²) in [6, 6.07) is 18.6. The average molecular weight is 667 g/mol. The summed E-state index contributed by atoms with van der Waals surface area (Å²) in [5.41, 5.74) is 4.04. The summed E-state index contributed by atoms with van der Waals surface area (Å²) >= 11 is 12.0. The van der Waals surface area contributed by atoms with E-state index in [0.29, 0.717) is 40.1 Å². The monoisotopic (exact) mass is 665 g/mol. The number of benzene rings is 4. The minimum atomic E-state index is -0.677. The second kappa shape index (κ2) is 15.6. The molecule has 0 saturated heterocycles. The zero-order valence-corrected chi connectivity index (χ0v) is 26.7. The van der Waals surface area contributed by atoms with Gasteiger partial charge >= 0.3 is 5.97 Å². The number of halogens is 2. The van der Waals surface area contributed by atoms with Crippen LogP contribution < -0.4 is 34.4 Å². The van der Waals surface area contributed by atoms with Crippen LogP contribution in [0.5, 0.6) is 28.7 Å². The molecule has 46 heavy (non-hydrogen) atoms. The minimum Gasteiger partial charge on any atom is -0.493 e. The molecular formula is C33H29Cl2N3O8. The van der Waals surface area contributed by atoms with Crippen LogP contribution in [-0.2, 0) is 0 Å². The van der Waals surface area contributed by atoms with Crippen molar-refractivity contribution in [3.05, 3.63) is 105 Å². The van der Waals surface area contributed by atoms with E-state index in [9.17, 15) is 14.4 Å². The molecule has 2 N–H and O–H groups in total. The molecule has 0 bridgehead atoms. The summed E-state index contributed by atoms with van der Waals surface area (Å²) in [7, 11) is 4.35. The maximum atomic E-state index is 13.0. The molecule has 0 aromatic heterocycles. The second-order valence-corrected chi connectivity index (χ2v) is 10.1. The molecule has 11 nitrogen and oxygen atoms in total. The van der Waals surface area contributed by atoms with Crippen molar-refractivity contribution in [2.75, 3.05) is 33.3 Å². The first-order chi connectivity index (χ1) is 22.2. The number of nitrogens with zero attached hydrogens (tertiary/aromatic N) is 1. The molecule has 13 heteroatoms. The van der Waals surface area contributed by atoms with Crippen LogP contribution in [0.25, 0.3) is 0 Å². The number of carbonyl (C=O) groups excluding carboxylic acids is 3. The Kier molecular flexibility index (Phi) is 11.4. The molecule has 0 atom stereocenters. The molecule has 4 aromatic rings. The molecular weight excluding hydrogens is 637 g/mol. The van der Waals surface area contributed by atoms with Crippen molar-refractivity contribution in [3.8, 4) is 28.7 Å². The number of esters is 1. The molecule has 0 aliphatic carbocycles. The lowest BCUT2D eigenvalue weighted by atomic mass is 10.1. The summed E-state index contributed by atoms with van der Waals surface area (Å²) in [5.74, 6) is -0.269. The predicted molar refractivity (Wildman–Crippen MR) is 175 cm³/mol. The molecule has 4 aromatic carbocycles. The molecule has 0 unspecified atom stereocenters. The van der Waals surface area contributed by atoms with Crippen molar-refractivity contribution in [3.63, 3.8) is 0 Å². The summed E-state index contributed by atoms with van der Waals surface area (Å²) in [6.07, 6.45) is 1.40. The summed E-state index contributed by atoms with van der Waals surface area (Å²) in [5, 5.41) is 7.34. The third kappa shape index (κ3) is 8.26. The van der Waals surface area contributed by atoms with Gasteiger partial charge in [0.1, 0.15) is 0 Å². The molecule has 0 saturated carbocycles. The zero-order valence-electron chi connectivity index (χ0n) is 25.2. The van der Waals surface area contributed by atoms with Gasteiger partial charge in [0.2, 0.25) is 5.75 Å². The van der Waals surface area contributed by atoms with Gasteiger partial charge in [-0.25, -0.2) is 10.2 Å². The van der Waals surface area contributed by atoms with Crippen molar-refractivity contribution in [1.82, 2.24) is 5.43 Å². The highest BCUT2D eigenvalue weighted by molar-refractivity contribution is 6.37. The lowest BCUT2D eigenvalue weighted by Crippen LogP contribution is -2.18. The quantitative estimate of drug-likeness (QED) is 0.0743. The summed E-state index contributed by atoms with van der Waals surface area (Å²) < 4.78 is 27.2. The highest BCUT2D eigenvalue weighted by atomic mass is 35.5. The molecule has 0 fully saturated rings. The van der Waals surface area contributed by atoms with E-state index in [1.165, 1.54) is 57.9 Å². The maximum absolute atomic E-state index is 13.0. The van der Waals surface area contributed by atoms with E-state index in [-0.39, 0.29) is 33.2 Å². The Balaban J connectivity index is 1.43. The predicted octanol–water partition coefficient (Wildman–Crippen LogP) is 6.65. The van der Waals surface area contributed by atoms with E-state index < -0.39 is 17.8 Å². The first kappa shape index (κ1) is 33.6. The third-order valence-corrected chi connectivity index (χ3v) is 6.86. The molecule has 0 radical (unpaired) electrons. The van der Waals surface area contributed by atoms with Crippen LogP contribution in [0.2, 0.25) is 10.0 Å². The highest BCUT2D eigenvalue weighted by Gasteiger charge is 2.20. The highest BCUT2D eigenvalue weighted by Crippen LogP contribution is 2.39. The molecule has 0 aliphatic rings. The molecule has 0 aliphatic heterocycles. The van der Waals surface area contributed by atoms with Crippen LogP contribution in [0.3, 0.4) is 0 Å². The first-order valence-electron chi connectivity index (χ1n) is 13.7. The van der Waals surface area contributed by atoms with Crippen LogP contribution in [0.15, 0.2) is 77.9 Å².